The topological polar surface area (TPSA) is 41.1 Å². The van der Waals surface area contributed by atoms with Gasteiger partial charge in [-0.25, -0.2) is 0 Å². The van der Waals surface area contributed by atoms with Crippen LogP contribution in [0.15, 0.2) is 138 Å². The predicted octanol–water partition coefficient (Wildman–Crippen LogP) is 10.5. The maximum Gasteiger partial charge on any atom is 0.0706 e. The summed E-state index contributed by atoms with van der Waals surface area (Å²) in [4.78, 5) is 4.16. The Hall–Kier alpha value is -5.02. The first-order valence-electron chi connectivity index (χ1n) is 15.0. The summed E-state index contributed by atoms with van der Waals surface area (Å²) in [5.41, 5.74) is 9.85. The number of nitrogens with one attached hydrogen (secondary N) is 1. The van der Waals surface area contributed by atoms with Crippen LogP contribution in [0.1, 0.15) is 44.4 Å². The van der Waals surface area contributed by atoms with Crippen molar-refractivity contribution in [1.29, 1.82) is 5.41 Å². The standard InChI is InChI=1S/C24H26N2.C17H13N/c1-8-15-16-11-10-12-17(21(16)24(5,6)19(15)9-2)22(25)18-13-23(3,4)14-20(18)26-7;1-18-15-9-5-4-8-14(15)17-13-7-3-2-6-12(13)10-11-16(17)18/h8-14,25H,1-2,7H2,3-6H3;2-11H,1H3. The average Bonchev–Trinajstić information content (AvgIpc) is 3.60. The minimum Gasteiger partial charge on any atom is -0.344 e. The highest BCUT2D eigenvalue weighted by Crippen LogP contribution is 2.49. The van der Waals surface area contributed by atoms with E-state index in [1.54, 1.807) is 0 Å². The van der Waals surface area contributed by atoms with Gasteiger partial charge in [0.1, 0.15) is 0 Å². The molecule has 3 nitrogen and oxygen atoms in total. The fraction of sp³-hybridized carbons (Fsp3) is 0.171. The van der Waals surface area contributed by atoms with Gasteiger partial charge in [0.2, 0.25) is 0 Å². The van der Waals surface area contributed by atoms with Crippen LogP contribution in [0.5, 0.6) is 0 Å². The Bertz CT molecular complexity index is 2140. The number of hydrogen-bond acceptors (Lipinski definition) is 2. The third-order valence-corrected chi connectivity index (χ3v) is 9.16. The second kappa shape index (κ2) is 10.6. The molecule has 1 N–H and O–H groups in total. The first-order valence-corrected chi connectivity index (χ1v) is 15.0. The lowest BCUT2D eigenvalue weighted by Gasteiger charge is -2.26. The van der Waals surface area contributed by atoms with Crippen LogP contribution in [0.2, 0.25) is 0 Å². The Morgan fingerprint density at radius 1 is 0.795 bits per heavy atom. The fourth-order valence-corrected chi connectivity index (χ4v) is 7.18. The molecule has 0 saturated heterocycles. The van der Waals surface area contributed by atoms with Gasteiger partial charge in [-0.2, -0.15) is 0 Å². The number of hydrogen-bond donors (Lipinski definition) is 1. The second-order valence-electron chi connectivity index (χ2n) is 12.8. The number of allylic oxidation sites excluding steroid dienone is 7. The largest absolute Gasteiger partial charge is 0.344 e. The smallest absolute Gasteiger partial charge is 0.0706 e. The van der Waals surface area contributed by atoms with Crippen LogP contribution in [0.4, 0.5) is 0 Å². The molecule has 0 unspecified atom stereocenters. The molecule has 1 heterocycles. The molecule has 0 fully saturated rings. The van der Waals surface area contributed by atoms with Gasteiger partial charge in [0.15, 0.2) is 0 Å². The van der Waals surface area contributed by atoms with Crippen LogP contribution in [0.25, 0.3) is 38.2 Å². The fourth-order valence-electron chi connectivity index (χ4n) is 7.18. The van der Waals surface area contributed by atoms with Crippen molar-refractivity contribution in [1.82, 2.24) is 4.57 Å². The van der Waals surface area contributed by atoms with Crippen molar-refractivity contribution < 1.29 is 0 Å². The highest BCUT2D eigenvalue weighted by molar-refractivity contribution is 6.20. The Morgan fingerprint density at radius 3 is 2.20 bits per heavy atom. The zero-order valence-electron chi connectivity index (χ0n) is 26.3. The van der Waals surface area contributed by atoms with Crippen molar-refractivity contribution in [3.8, 4) is 0 Å². The molecule has 7 rings (SSSR count). The number of benzene rings is 4. The number of aromatic nitrogens is 1. The Labute approximate surface area is 260 Å². The molecule has 0 spiro atoms. The quantitative estimate of drug-likeness (QED) is 0.203. The van der Waals surface area contributed by atoms with E-state index in [0.29, 0.717) is 5.71 Å². The summed E-state index contributed by atoms with van der Waals surface area (Å²) in [5.74, 6) is 0. The third kappa shape index (κ3) is 4.43. The molecular weight excluding hydrogens is 534 g/mol. The van der Waals surface area contributed by atoms with E-state index in [2.05, 4.69) is 143 Å². The summed E-state index contributed by atoms with van der Waals surface area (Å²) in [6.07, 6.45) is 7.99. The molecule has 1 aromatic heterocycles. The lowest BCUT2D eigenvalue weighted by molar-refractivity contribution is 0.634. The van der Waals surface area contributed by atoms with Crippen molar-refractivity contribution in [3.05, 3.63) is 150 Å². The molecule has 0 radical (unpaired) electrons. The van der Waals surface area contributed by atoms with E-state index in [0.717, 1.165) is 39.1 Å². The van der Waals surface area contributed by atoms with Crippen molar-refractivity contribution in [2.75, 3.05) is 0 Å². The first-order chi connectivity index (χ1) is 21.0. The Morgan fingerprint density at radius 2 is 1.50 bits per heavy atom. The summed E-state index contributed by atoms with van der Waals surface area (Å²) in [5, 5.41) is 14.3. The van der Waals surface area contributed by atoms with E-state index in [1.165, 1.54) is 32.6 Å². The normalized spacial score (nSPS) is 16.3. The predicted molar refractivity (Wildman–Crippen MR) is 191 cm³/mol. The van der Waals surface area contributed by atoms with Gasteiger partial charge >= 0.3 is 0 Å². The number of fused-ring (bicyclic) bond motifs is 6. The van der Waals surface area contributed by atoms with Gasteiger partial charge in [-0.1, -0.05) is 126 Å². The van der Waals surface area contributed by atoms with Crippen LogP contribution in [0.3, 0.4) is 0 Å². The third-order valence-electron chi connectivity index (χ3n) is 9.16. The highest BCUT2D eigenvalue weighted by atomic mass is 14.9. The molecule has 44 heavy (non-hydrogen) atoms. The molecule has 0 bridgehead atoms. The molecule has 0 atom stereocenters. The zero-order chi connectivity index (χ0) is 31.4. The van der Waals surface area contributed by atoms with E-state index in [4.69, 9.17) is 5.41 Å². The van der Waals surface area contributed by atoms with Gasteiger partial charge in [-0.05, 0) is 58.0 Å². The van der Waals surface area contributed by atoms with Crippen LogP contribution >= 0.6 is 0 Å². The molecule has 0 amide bonds. The first kappa shape index (κ1) is 29.1. The molecular formula is C41H39N3. The SMILES string of the molecule is C=CC1=C(C=C)C(C)(C)c2c(C(=N)C3=CC(C)(C)C=C3N=C)cccc21.Cn1c2ccccc2c2c3ccccc3ccc21. The molecule has 4 aromatic carbocycles. The number of nitrogens with zero attached hydrogens (tertiary/aromatic N) is 2. The van der Waals surface area contributed by atoms with Crippen molar-refractivity contribution in [3.63, 3.8) is 0 Å². The molecule has 0 saturated carbocycles. The van der Waals surface area contributed by atoms with Crippen molar-refractivity contribution in [2.45, 2.75) is 33.1 Å². The summed E-state index contributed by atoms with van der Waals surface area (Å²) < 4.78 is 2.27. The lowest BCUT2D eigenvalue weighted by Crippen LogP contribution is -2.21. The Kier molecular flexibility index (Phi) is 7.01. The van der Waals surface area contributed by atoms with Gasteiger partial charge in [0.25, 0.3) is 0 Å². The minimum atomic E-state index is -0.232. The van der Waals surface area contributed by atoms with Gasteiger partial charge in [-0.3, -0.25) is 10.4 Å². The van der Waals surface area contributed by atoms with Gasteiger partial charge in [0, 0.05) is 50.8 Å². The van der Waals surface area contributed by atoms with E-state index in [1.807, 2.05) is 24.3 Å². The van der Waals surface area contributed by atoms with Crippen LogP contribution in [-0.2, 0) is 12.5 Å². The average molecular weight is 574 g/mol. The molecule has 5 aromatic rings. The van der Waals surface area contributed by atoms with E-state index in [-0.39, 0.29) is 10.8 Å². The molecule has 0 aliphatic heterocycles. The van der Waals surface area contributed by atoms with Crippen LogP contribution in [-0.4, -0.2) is 17.0 Å². The van der Waals surface area contributed by atoms with Gasteiger partial charge in [-0.15, -0.1) is 0 Å². The number of aryl methyl sites for hydroxylation is 1. The van der Waals surface area contributed by atoms with Crippen LogP contribution in [0, 0.1) is 10.8 Å². The summed E-state index contributed by atoms with van der Waals surface area (Å²) in [6, 6.07) is 27.8. The van der Waals surface area contributed by atoms with E-state index < -0.39 is 0 Å². The molecule has 218 valence electrons. The summed E-state index contributed by atoms with van der Waals surface area (Å²) in [7, 11) is 2.14. The Balaban J connectivity index is 0.000000165. The van der Waals surface area contributed by atoms with Gasteiger partial charge < -0.3 is 4.57 Å². The summed E-state index contributed by atoms with van der Waals surface area (Å²) in [6.45, 7) is 20.3. The monoisotopic (exact) mass is 573 g/mol. The highest BCUT2D eigenvalue weighted by Gasteiger charge is 2.39. The summed E-state index contributed by atoms with van der Waals surface area (Å²) >= 11 is 0. The molecule has 3 heteroatoms. The minimum absolute atomic E-state index is 0.123. The number of para-hydroxylation sites is 1. The maximum absolute atomic E-state index is 8.96. The lowest BCUT2D eigenvalue weighted by atomic mass is 9.77. The maximum atomic E-state index is 8.96. The molecule has 2 aliphatic carbocycles. The van der Waals surface area contributed by atoms with E-state index >= 15 is 0 Å². The van der Waals surface area contributed by atoms with Gasteiger partial charge in [0.05, 0.1) is 11.4 Å². The van der Waals surface area contributed by atoms with E-state index in [9.17, 15) is 0 Å². The van der Waals surface area contributed by atoms with Crippen LogP contribution < -0.4 is 0 Å². The number of rotatable bonds is 5. The second-order valence-corrected chi connectivity index (χ2v) is 12.8. The molecule has 2 aliphatic rings. The van der Waals surface area contributed by atoms with Crippen molar-refractivity contribution >= 4 is 50.6 Å². The number of aliphatic imine (C=N–C) groups is 1. The van der Waals surface area contributed by atoms with Crippen molar-refractivity contribution in [2.24, 2.45) is 17.5 Å². The zero-order valence-corrected chi connectivity index (χ0v) is 26.3.